The molecule has 128 valence electrons. The molecule has 24 heavy (non-hydrogen) atoms. The fourth-order valence-electron chi connectivity index (χ4n) is 2.27. The van der Waals surface area contributed by atoms with Gasteiger partial charge in [-0.25, -0.2) is 8.78 Å². The number of rotatable bonds is 5. The van der Waals surface area contributed by atoms with Crippen LogP contribution in [-0.4, -0.2) is 23.4 Å². The van der Waals surface area contributed by atoms with Crippen LogP contribution in [0.1, 0.15) is 29.0 Å². The summed E-state index contributed by atoms with van der Waals surface area (Å²) in [5.74, 6) is -3.15. The van der Waals surface area contributed by atoms with Gasteiger partial charge in [0.2, 0.25) is 5.91 Å². The third-order valence-electron chi connectivity index (χ3n) is 3.50. The summed E-state index contributed by atoms with van der Waals surface area (Å²) in [4.78, 5) is 24.6. The standard InChI is InChI=1S/C16H16BrF2N3O2/c1-3-22-8-10(17)7-13(22)15(23)21-14(16(24)20-2)9-4-5-11(18)12(19)6-9/h4-8,14H,3H2,1-2H3,(H,20,24)(H,21,23). The van der Waals surface area contributed by atoms with Crippen molar-refractivity contribution >= 4 is 27.7 Å². The van der Waals surface area contributed by atoms with Gasteiger partial charge in [-0.3, -0.25) is 9.59 Å². The Bertz CT molecular complexity index is 777. The number of benzene rings is 1. The van der Waals surface area contributed by atoms with Gasteiger partial charge in [-0.1, -0.05) is 6.07 Å². The molecule has 1 aromatic carbocycles. The molecular weight excluding hydrogens is 384 g/mol. The van der Waals surface area contributed by atoms with E-state index in [4.69, 9.17) is 0 Å². The highest BCUT2D eigenvalue weighted by molar-refractivity contribution is 9.10. The number of halogens is 3. The predicted molar refractivity (Wildman–Crippen MR) is 88.4 cm³/mol. The fraction of sp³-hybridized carbons (Fsp3) is 0.250. The molecule has 1 aromatic heterocycles. The zero-order chi connectivity index (χ0) is 17.9. The normalized spacial score (nSPS) is 11.9. The minimum absolute atomic E-state index is 0.148. The van der Waals surface area contributed by atoms with Gasteiger partial charge in [0.1, 0.15) is 11.7 Å². The highest BCUT2D eigenvalue weighted by Gasteiger charge is 2.25. The second-order valence-electron chi connectivity index (χ2n) is 5.02. The van der Waals surface area contributed by atoms with Crippen molar-refractivity contribution in [1.29, 1.82) is 0 Å². The van der Waals surface area contributed by atoms with Gasteiger partial charge in [0.15, 0.2) is 11.6 Å². The SMILES string of the molecule is CCn1cc(Br)cc1C(=O)NC(C(=O)NC)c1ccc(F)c(F)c1. The second-order valence-corrected chi connectivity index (χ2v) is 5.94. The summed E-state index contributed by atoms with van der Waals surface area (Å²) in [5.41, 5.74) is 0.496. The van der Waals surface area contributed by atoms with E-state index in [9.17, 15) is 18.4 Å². The first kappa shape index (κ1) is 18.1. The van der Waals surface area contributed by atoms with Gasteiger partial charge in [0.25, 0.3) is 5.91 Å². The Labute approximate surface area is 146 Å². The Morgan fingerprint density at radius 1 is 1.25 bits per heavy atom. The predicted octanol–water partition coefficient (Wildman–Crippen LogP) is 2.77. The molecule has 1 heterocycles. The largest absolute Gasteiger partial charge is 0.357 e. The van der Waals surface area contributed by atoms with Crippen molar-refractivity contribution in [2.75, 3.05) is 7.05 Å². The molecule has 2 aromatic rings. The monoisotopic (exact) mass is 399 g/mol. The summed E-state index contributed by atoms with van der Waals surface area (Å²) in [5, 5.41) is 4.96. The molecule has 0 fully saturated rings. The van der Waals surface area contributed by atoms with Gasteiger partial charge in [-0.2, -0.15) is 0 Å². The summed E-state index contributed by atoms with van der Waals surface area (Å²) in [7, 11) is 1.40. The number of carbonyl (C=O) groups excluding carboxylic acids is 2. The van der Waals surface area contributed by atoms with Crippen LogP contribution in [0.25, 0.3) is 0 Å². The summed E-state index contributed by atoms with van der Waals surface area (Å²) < 4.78 is 29.0. The molecule has 1 atom stereocenters. The third-order valence-corrected chi connectivity index (χ3v) is 3.93. The van der Waals surface area contributed by atoms with Crippen molar-refractivity contribution in [3.05, 3.63) is 57.8 Å². The zero-order valence-corrected chi connectivity index (χ0v) is 14.7. The molecule has 2 N–H and O–H groups in total. The minimum Gasteiger partial charge on any atom is -0.357 e. The lowest BCUT2D eigenvalue weighted by molar-refractivity contribution is -0.122. The van der Waals surface area contributed by atoms with Crippen LogP contribution >= 0.6 is 15.9 Å². The number of likely N-dealkylation sites (N-methyl/N-ethyl adjacent to an activating group) is 1. The molecule has 0 saturated carbocycles. The zero-order valence-electron chi connectivity index (χ0n) is 13.1. The summed E-state index contributed by atoms with van der Waals surface area (Å²) in [6.45, 7) is 2.43. The van der Waals surface area contributed by atoms with E-state index in [2.05, 4.69) is 26.6 Å². The number of aryl methyl sites for hydroxylation is 1. The molecule has 1 unspecified atom stereocenters. The van der Waals surface area contributed by atoms with Crippen molar-refractivity contribution in [1.82, 2.24) is 15.2 Å². The minimum atomic E-state index is -1.14. The van der Waals surface area contributed by atoms with Crippen LogP contribution in [0.2, 0.25) is 0 Å². The first-order chi connectivity index (χ1) is 11.4. The second kappa shape index (κ2) is 7.57. The van der Waals surface area contributed by atoms with Crippen LogP contribution in [0.3, 0.4) is 0 Å². The van der Waals surface area contributed by atoms with E-state index < -0.39 is 29.5 Å². The fourth-order valence-corrected chi connectivity index (χ4v) is 2.73. The molecule has 0 radical (unpaired) electrons. The van der Waals surface area contributed by atoms with Crippen molar-refractivity contribution < 1.29 is 18.4 Å². The Morgan fingerprint density at radius 2 is 1.96 bits per heavy atom. The molecule has 0 aliphatic heterocycles. The molecule has 2 rings (SSSR count). The maximum atomic E-state index is 13.5. The lowest BCUT2D eigenvalue weighted by atomic mass is 10.1. The Kier molecular flexibility index (Phi) is 5.71. The third kappa shape index (κ3) is 3.81. The first-order valence-electron chi connectivity index (χ1n) is 7.20. The average molecular weight is 400 g/mol. The van der Waals surface area contributed by atoms with Crippen molar-refractivity contribution in [2.24, 2.45) is 0 Å². The van der Waals surface area contributed by atoms with E-state index in [1.54, 1.807) is 16.8 Å². The molecule has 2 amide bonds. The van der Waals surface area contributed by atoms with E-state index in [0.29, 0.717) is 12.2 Å². The Balaban J connectivity index is 2.33. The maximum Gasteiger partial charge on any atom is 0.268 e. The lowest BCUT2D eigenvalue weighted by Gasteiger charge is -2.18. The average Bonchev–Trinajstić information content (AvgIpc) is 2.95. The Morgan fingerprint density at radius 3 is 2.54 bits per heavy atom. The van der Waals surface area contributed by atoms with Crippen LogP contribution < -0.4 is 10.6 Å². The Hall–Kier alpha value is -2.22. The highest BCUT2D eigenvalue weighted by atomic mass is 79.9. The van der Waals surface area contributed by atoms with E-state index in [1.807, 2.05) is 6.92 Å². The molecule has 5 nitrogen and oxygen atoms in total. The number of nitrogens with zero attached hydrogens (tertiary/aromatic N) is 1. The number of aromatic nitrogens is 1. The van der Waals surface area contributed by atoms with Crippen LogP contribution in [0.5, 0.6) is 0 Å². The first-order valence-corrected chi connectivity index (χ1v) is 7.99. The topological polar surface area (TPSA) is 63.1 Å². The van der Waals surface area contributed by atoms with Crippen molar-refractivity contribution in [2.45, 2.75) is 19.5 Å². The van der Waals surface area contributed by atoms with Crippen LogP contribution in [0, 0.1) is 11.6 Å². The molecule has 8 heteroatoms. The molecule has 0 bridgehead atoms. The summed E-state index contributed by atoms with van der Waals surface area (Å²) in [6, 6.07) is 3.54. The van der Waals surface area contributed by atoms with Crippen LogP contribution in [0.15, 0.2) is 34.9 Å². The smallest absolute Gasteiger partial charge is 0.268 e. The van der Waals surface area contributed by atoms with Crippen LogP contribution in [-0.2, 0) is 11.3 Å². The van der Waals surface area contributed by atoms with Gasteiger partial charge in [0.05, 0.1) is 0 Å². The van der Waals surface area contributed by atoms with E-state index >= 15 is 0 Å². The summed E-state index contributed by atoms with van der Waals surface area (Å²) in [6.07, 6.45) is 1.74. The number of carbonyl (C=O) groups is 2. The van der Waals surface area contributed by atoms with Gasteiger partial charge >= 0.3 is 0 Å². The maximum absolute atomic E-state index is 13.5. The van der Waals surface area contributed by atoms with Crippen molar-refractivity contribution in [3.63, 3.8) is 0 Å². The van der Waals surface area contributed by atoms with Crippen molar-refractivity contribution in [3.8, 4) is 0 Å². The molecular formula is C16H16BrF2N3O2. The molecule has 0 saturated heterocycles. The van der Waals surface area contributed by atoms with Gasteiger partial charge in [0, 0.05) is 24.3 Å². The highest BCUT2D eigenvalue weighted by Crippen LogP contribution is 2.19. The lowest BCUT2D eigenvalue weighted by Crippen LogP contribution is -2.39. The number of amides is 2. The van der Waals surface area contributed by atoms with Gasteiger partial charge in [-0.15, -0.1) is 0 Å². The number of hydrogen-bond acceptors (Lipinski definition) is 2. The molecule has 0 spiro atoms. The summed E-state index contributed by atoms with van der Waals surface area (Å²) >= 11 is 3.29. The molecule has 0 aliphatic carbocycles. The number of nitrogens with one attached hydrogen (secondary N) is 2. The van der Waals surface area contributed by atoms with E-state index in [0.717, 1.165) is 16.6 Å². The van der Waals surface area contributed by atoms with E-state index in [1.165, 1.54) is 13.1 Å². The quantitative estimate of drug-likeness (QED) is 0.811. The van der Waals surface area contributed by atoms with E-state index in [-0.39, 0.29) is 5.56 Å². The van der Waals surface area contributed by atoms with Gasteiger partial charge in [-0.05, 0) is 46.6 Å². The van der Waals surface area contributed by atoms with Crippen LogP contribution in [0.4, 0.5) is 8.78 Å². The molecule has 0 aliphatic rings. The van der Waals surface area contributed by atoms with Gasteiger partial charge < -0.3 is 15.2 Å². The number of hydrogen-bond donors (Lipinski definition) is 2.